The number of aromatic nitrogens is 1. The summed E-state index contributed by atoms with van der Waals surface area (Å²) in [6.07, 6.45) is 4.62. The van der Waals surface area contributed by atoms with Crippen LogP contribution in [0.1, 0.15) is 11.1 Å². The summed E-state index contributed by atoms with van der Waals surface area (Å²) >= 11 is 0. The Labute approximate surface area is 135 Å². The van der Waals surface area contributed by atoms with Crippen molar-refractivity contribution in [3.8, 4) is 0 Å². The molecule has 0 amide bonds. The van der Waals surface area contributed by atoms with Crippen LogP contribution in [-0.4, -0.2) is 4.98 Å². The minimum absolute atomic E-state index is 0. The molecule has 0 fully saturated rings. The van der Waals surface area contributed by atoms with Gasteiger partial charge in [0.1, 0.15) is 0 Å². The molecule has 0 bridgehead atoms. The molecule has 98 valence electrons. The smallest absolute Gasteiger partial charge is 0.265 e. The Morgan fingerprint density at radius 3 is 1.75 bits per heavy atom. The number of benzene rings is 2. The molecule has 1 heterocycles. The average Bonchev–Trinajstić information content (AvgIpc) is 2.52. The Balaban J connectivity index is 0.000000243. The van der Waals surface area contributed by atoms with Gasteiger partial charge in [-0.2, -0.15) is 72.3 Å². The first kappa shape index (κ1) is 16.3. The van der Waals surface area contributed by atoms with Crippen molar-refractivity contribution in [2.75, 3.05) is 0 Å². The SMILES string of the molecule is [W+2].[c-]1ccc(Cc2ccncc2)cc1.[c-]1ccccc1. The molecule has 1 aromatic heterocycles. The van der Waals surface area contributed by atoms with Crippen molar-refractivity contribution in [3.63, 3.8) is 0 Å². The molecule has 0 atom stereocenters. The van der Waals surface area contributed by atoms with Crippen molar-refractivity contribution in [1.82, 2.24) is 4.98 Å². The van der Waals surface area contributed by atoms with Gasteiger partial charge in [0.2, 0.25) is 0 Å². The molecule has 2 aromatic carbocycles. The predicted molar refractivity (Wildman–Crippen MR) is 77.6 cm³/mol. The van der Waals surface area contributed by atoms with E-state index < -0.39 is 0 Å². The number of rotatable bonds is 2. The van der Waals surface area contributed by atoms with Gasteiger partial charge in [0.05, 0.1) is 0 Å². The number of nitrogens with zero attached hydrogens (tertiary/aromatic N) is 1. The first-order chi connectivity index (χ1) is 9.45. The van der Waals surface area contributed by atoms with E-state index in [1.807, 2.05) is 67.0 Å². The van der Waals surface area contributed by atoms with Crippen molar-refractivity contribution in [2.24, 2.45) is 0 Å². The molecule has 2 heteroatoms. The summed E-state index contributed by atoms with van der Waals surface area (Å²) in [6.45, 7) is 0. The summed E-state index contributed by atoms with van der Waals surface area (Å²) in [5.41, 5.74) is 2.60. The van der Waals surface area contributed by atoms with E-state index >= 15 is 0 Å². The van der Waals surface area contributed by atoms with Crippen molar-refractivity contribution >= 4 is 0 Å². The van der Waals surface area contributed by atoms with Gasteiger partial charge in [-0.15, -0.1) is 0 Å². The van der Waals surface area contributed by atoms with Crippen LogP contribution in [0, 0.1) is 12.1 Å². The number of hydrogen-bond donors (Lipinski definition) is 0. The van der Waals surface area contributed by atoms with Gasteiger partial charge in [-0.1, -0.05) is 0 Å². The molecule has 0 aliphatic rings. The second kappa shape index (κ2) is 10.1. The second-order valence-electron chi connectivity index (χ2n) is 4.02. The quantitative estimate of drug-likeness (QED) is 0.563. The van der Waals surface area contributed by atoms with Gasteiger partial charge in [-0.05, 0) is 24.1 Å². The number of pyridine rings is 1. The van der Waals surface area contributed by atoms with Gasteiger partial charge >= 0.3 is 21.1 Å². The van der Waals surface area contributed by atoms with E-state index in [9.17, 15) is 0 Å². The third-order valence-electron chi connectivity index (χ3n) is 2.55. The maximum atomic E-state index is 3.98. The molecule has 3 aromatic rings. The monoisotopic (exact) mass is 429 g/mol. The van der Waals surface area contributed by atoms with Gasteiger partial charge in [0.25, 0.3) is 0 Å². The minimum atomic E-state index is 0. The van der Waals surface area contributed by atoms with E-state index in [0.717, 1.165) is 6.42 Å². The van der Waals surface area contributed by atoms with Crippen LogP contribution in [0.4, 0.5) is 0 Å². The van der Waals surface area contributed by atoms with E-state index in [1.54, 1.807) is 0 Å². The topological polar surface area (TPSA) is 12.9 Å². The number of hydrogen-bond acceptors (Lipinski definition) is 1. The van der Waals surface area contributed by atoms with E-state index in [-0.39, 0.29) is 21.1 Å². The summed E-state index contributed by atoms with van der Waals surface area (Å²) in [4.78, 5) is 3.98. The fourth-order valence-electron chi connectivity index (χ4n) is 1.62. The second-order valence-corrected chi connectivity index (χ2v) is 4.02. The maximum absolute atomic E-state index is 3.98. The molecule has 0 spiro atoms. The van der Waals surface area contributed by atoms with Gasteiger partial charge in [-0.3, -0.25) is 4.98 Å². The van der Waals surface area contributed by atoms with Crippen molar-refractivity contribution in [1.29, 1.82) is 0 Å². The van der Waals surface area contributed by atoms with Crippen LogP contribution in [0.15, 0.2) is 79.1 Å². The zero-order chi connectivity index (χ0) is 13.2. The molecule has 0 unspecified atom stereocenters. The first-order valence-corrected chi connectivity index (χ1v) is 6.20. The third kappa shape index (κ3) is 6.45. The zero-order valence-electron chi connectivity index (χ0n) is 11.1. The Bertz CT molecular complexity index is 488. The molecular formula is C18H15NW. The Kier molecular flexibility index (Phi) is 8.26. The summed E-state index contributed by atoms with van der Waals surface area (Å²) in [5, 5.41) is 0. The molecule has 20 heavy (non-hydrogen) atoms. The normalized spacial score (nSPS) is 8.80. The first-order valence-electron chi connectivity index (χ1n) is 6.20. The molecule has 0 aliphatic carbocycles. The van der Waals surface area contributed by atoms with Crippen molar-refractivity contribution in [2.45, 2.75) is 6.42 Å². The minimum Gasteiger partial charge on any atom is -0.265 e. The summed E-state index contributed by atoms with van der Waals surface area (Å²) in [7, 11) is 0. The third-order valence-corrected chi connectivity index (χ3v) is 2.55. The molecule has 0 saturated heterocycles. The van der Waals surface area contributed by atoms with Crippen molar-refractivity contribution in [3.05, 3.63) is 102 Å². The van der Waals surface area contributed by atoms with Crippen LogP contribution in [-0.2, 0) is 27.5 Å². The molecule has 3 rings (SSSR count). The standard InChI is InChI=1S/C12H10N.C6H5.W/c1-2-4-11(5-3-1)10-12-6-8-13-9-7-12;1-2-4-6-5-3-1;/h2-9H,10H2;1-5H;/q2*-1;+2. The van der Waals surface area contributed by atoms with Crippen LogP contribution >= 0.6 is 0 Å². The summed E-state index contributed by atoms with van der Waals surface area (Å²) in [5.74, 6) is 0. The molecule has 0 aliphatic heterocycles. The summed E-state index contributed by atoms with van der Waals surface area (Å²) < 4.78 is 0. The molecule has 0 saturated carbocycles. The Morgan fingerprint density at radius 1 is 0.700 bits per heavy atom. The average molecular weight is 429 g/mol. The van der Waals surface area contributed by atoms with Crippen LogP contribution in [0.3, 0.4) is 0 Å². The van der Waals surface area contributed by atoms with E-state index in [4.69, 9.17) is 0 Å². The van der Waals surface area contributed by atoms with E-state index in [0.29, 0.717) is 0 Å². The van der Waals surface area contributed by atoms with Gasteiger partial charge < -0.3 is 0 Å². The summed E-state index contributed by atoms with van der Waals surface area (Å²) in [6, 6.07) is 27.6. The fraction of sp³-hybridized carbons (Fsp3) is 0.0556. The van der Waals surface area contributed by atoms with Crippen LogP contribution < -0.4 is 0 Å². The zero-order valence-corrected chi connectivity index (χ0v) is 14.0. The molecular weight excluding hydrogens is 414 g/mol. The Morgan fingerprint density at radius 2 is 1.25 bits per heavy atom. The maximum Gasteiger partial charge on any atom is 2.00 e. The predicted octanol–water partition coefficient (Wildman–Crippen LogP) is 3.96. The molecule has 0 radical (unpaired) electrons. The van der Waals surface area contributed by atoms with Crippen LogP contribution in [0.25, 0.3) is 0 Å². The molecule has 1 nitrogen and oxygen atoms in total. The fourth-order valence-corrected chi connectivity index (χ4v) is 1.62. The van der Waals surface area contributed by atoms with Crippen LogP contribution in [0.5, 0.6) is 0 Å². The van der Waals surface area contributed by atoms with E-state index in [2.05, 4.69) is 29.2 Å². The Hall–Kier alpha value is -1.72. The van der Waals surface area contributed by atoms with E-state index in [1.165, 1.54) is 11.1 Å². The van der Waals surface area contributed by atoms with Gasteiger partial charge in [-0.25, -0.2) is 0 Å². The van der Waals surface area contributed by atoms with Crippen molar-refractivity contribution < 1.29 is 21.1 Å². The largest absolute Gasteiger partial charge is 2.00 e. The molecule has 0 N–H and O–H groups in total. The van der Waals surface area contributed by atoms with Crippen LogP contribution in [0.2, 0.25) is 0 Å². The van der Waals surface area contributed by atoms with Gasteiger partial charge in [0.15, 0.2) is 0 Å². The van der Waals surface area contributed by atoms with Gasteiger partial charge in [0, 0.05) is 12.4 Å².